The van der Waals surface area contributed by atoms with Gasteiger partial charge in [0, 0.05) is 18.7 Å². The summed E-state index contributed by atoms with van der Waals surface area (Å²) in [6.07, 6.45) is 5.01. The van der Waals surface area contributed by atoms with Crippen molar-refractivity contribution in [1.29, 1.82) is 0 Å². The van der Waals surface area contributed by atoms with Crippen LogP contribution in [0.15, 0.2) is 18.5 Å². The van der Waals surface area contributed by atoms with Crippen molar-refractivity contribution < 1.29 is 10.0 Å². The number of benzene rings is 1. The minimum atomic E-state index is -0.503. The molecule has 0 radical (unpaired) electrons. The van der Waals surface area contributed by atoms with Crippen LogP contribution in [0.1, 0.15) is 25.7 Å². The summed E-state index contributed by atoms with van der Waals surface area (Å²) in [4.78, 5) is 14.6. The van der Waals surface area contributed by atoms with Crippen LogP contribution in [0.5, 0.6) is 0 Å². The largest absolute Gasteiger partial charge is 0.392 e. The first-order valence-electron chi connectivity index (χ1n) is 7.77. The minimum absolute atomic E-state index is 0. The van der Waals surface area contributed by atoms with E-state index in [1.165, 1.54) is 6.07 Å². The summed E-state index contributed by atoms with van der Waals surface area (Å²) >= 11 is 6.06. The van der Waals surface area contributed by atoms with Gasteiger partial charge in [-0.3, -0.25) is 10.1 Å². The molecule has 2 aromatic rings. The van der Waals surface area contributed by atoms with Crippen molar-refractivity contribution in [3.05, 3.63) is 33.6 Å². The Kier molecular flexibility index (Phi) is 8.37. The lowest BCUT2D eigenvalue weighted by molar-refractivity contribution is -0.384. The van der Waals surface area contributed by atoms with Gasteiger partial charge >= 0.3 is 0 Å². The first kappa shape index (κ1) is 21.9. The lowest BCUT2D eigenvalue weighted by Gasteiger charge is -2.29. The van der Waals surface area contributed by atoms with Gasteiger partial charge in [0.15, 0.2) is 0 Å². The van der Waals surface area contributed by atoms with Crippen molar-refractivity contribution in [2.24, 2.45) is 0 Å². The number of hydrogen-bond donors (Lipinski definition) is 2. The Morgan fingerprint density at radius 1 is 1.44 bits per heavy atom. The van der Waals surface area contributed by atoms with Crippen molar-refractivity contribution in [3.8, 4) is 0 Å². The number of nitrogens with zero attached hydrogens (tertiary/aromatic N) is 3. The van der Waals surface area contributed by atoms with E-state index in [9.17, 15) is 15.2 Å². The SMILES string of the molecule is Cl.Cl.O=[N+]([O-])c1ccc2c(ncn2CCC[C@H]2NCCC[C@@H]2O)c1Cl. The molecule has 3 rings (SSSR count). The molecule has 0 aliphatic carbocycles. The zero-order valence-electron chi connectivity index (χ0n) is 13.4. The van der Waals surface area contributed by atoms with E-state index in [0.717, 1.165) is 44.3 Å². The maximum Gasteiger partial charge on any atom is 0.290 e. The van der Waals surface area contributed by atoms with E-state index in [2.05, 4.69) is 10.3 Å². The van der Waals surface area contributed by atoms with E-state index in [0.29, 0.717) is 5.52 Å². The molecule has 1 aromatic carbocycles. The van der Waals surface area contributed by atoms with Crippen LogP contribution in [-0.4, -0.2) is 38.3 Å². The number of aryl methyl sites for hydroxylation is 1. The summed E-state index contributed by atoms with van der Waals surface area (Å²) in [6, 6.07) is 3.23. The molecule has 0 spiro atoms. The van der Waals surface area contributed by atoms with Crippen molar-refractivity contribution in [1.82, 2.24) is 14.9 Å². The fraction of sp³-hybridized carbons (Fsp3) is 0.533. The van der Waals surface area contributed by atoms with E-state index < -0.39 is 4.92 Å². The summed E-state index contributed by atoms with van der Waals surface area (Å²) in [6.45, 7) is 1.69. The molecule has 1 aromatic heterocycles. The normalized spacial score (nSPS) is 19.9. The van der Waals surface area contributed by atoms with Crippen molar-refractivity contribution in [2.75, 3.05) is 6.54 Å². The number of hydrogen-bond acceptors (Lipinski definition) is 5. The summed E-state index contributed by atoms with van der Waals surface area (Å²) in [5.74, 6) is 0. The van der Waals surface area contributed by atoms with Crippen LogP contribution < -0.4 is 5.32 Å². The number of imidazole rings is 1. The third-order valence-electron chi connectivity index (χ3n) is 4.37. The van der Waals surface area contributed by atoms with E-state index in [1.807, 2.05) is 4.57 Å². The predicted molar refractivity (Wildman–Crippen MR) is 102 cm³/mol. The zero-order chi connectivity index (χ0) is 16.4. The molecule has 140 valence electrons. The van der Waals surface area contributed by atoms with E-state index >= 15 is 0 Å². The first-order chi connectivity index (χ1) is 11.1. The Labute approximate surface area is 162 Å². The number of aliphatic hydroxyl groups is 1. The quantitative estimate of drug-likeness (QED) is 0.581. The number of rotatable bonds is 5. The average molecular weight is 412 g/mol. The monoisotopic (exact) mass is 410 g/mol. The van der Waals surface area contributed by atoms with Crippen LogP contribution in [0, 0.1) is 10.1 Å². The van der Waals surface area contributed by atoms with Crippen LogP contribution in [-0.2, 0) is 6.54 Å². The fourth-order valence-corrected chi connectivity index (χ4v) is 3.40. The molecule has 0 saturated carbocycles. The van der Waals surface area contributed by atoms with Gasteiger partial charge in [-0.05, 0) is 38.3 Å². The molecular weight excluding hydrogens is 391 g/mol. The standard InChI is InChI=1S/C15H19ClN4O3.2ClH/c16-14-11(20(22)23)5-6-12-15(14)18-9-19(12)8-2-3-10-13(21)4-1-7-17-10;;/h5-6,9-10,13,17,21H,1-4,7-8H2;2*1H/t10-,13+;;/m1../s1. The van der Waals surface area contributed by atoms with Crippen LogP contribution in [0.2, 0.25) is 5.02 Å². The Balaban J connectivity index is 0.00000156. The van der Waals surface area contributed by atoms with Gasteiger partial charge in [-0.15, -0.1) is 24.8 Å². The molecule has 0 amide bonds. The number of halogens is 3. The van der Waals surface area contributed by atoms with Gasteiger partial charge in [0.1, 0.15) is 10.5 Å². The molecule has 1 saturated heterocycles. The Bertz CT molecular complexity index is 725. The first-order valence-corrected chi connectivity index (χ1v) is 8.15. The van der Waals surface area contributed by atoms with Gasteiger partial charge in [-0.2, -0.15) is 0 Å². The Morgan fingerprint density at radius 3 is 2.88 bits per heavy atom. The van der Waals surface area contributed by atoms with Gasteiger partial charge in [-0.25, -0.2) is 4.98 Å². The number of aromatic nitrogens is 2. The topological polar surface area (TPSA) is 93.2 Å². The lowest BCUT2D eigenvalue weighted by Crippen LogP contribution is -2.44. The van der Waals surface area contributed by atoms with Gasteiger partial charge in [0.25, 0.3) is 5.69 Å². The second kappa shape index (κ2) is 9.54. The summed E-state index contributed by atoms with van der Waals surface area (Å²) in [5.41, 5.74) is 1.12. The average Bonchev–Trinajstić information content (AvgIpc) is 2.93. The highest BCUT2D eigenvalue weighted by atomic mass is 35.5. The second-order valence-corrected chi connectivity index (χ2v) is 6.25. The number of fused-ring (bicyclic) bond motifs is 1. The molecular formula is C15H21Cl3N4O3. The Hall–Kier alpha value is -1.12. The molecule has 10 heteroatoms. The number of piperidine rings is 1. The molecule has 2 heterocycles. The maximum atomic E-state index is 10.9. The van der Waals surface area contributed by atoms with E-state index in [1.54, 1.807) is 12.4 Å². The van der Waals surface area contributed by atoms with Gasteiger partial charge in [0.05, 0.1) is 22.9 Å². The Morgan fingerprint density at radius 2 is 2.20 bits per heavy atom. The number of nitro benzene ring substituents is 1. The molecule has 1 aliphatic rings. The summed E-state index contributed by atoms with van der Waals surface area (Å²) < 4.78 is 1.94. The molecule has 1 aliphatic heterocycles. The summed E-state index contributed by atoms with van der Waals surface area (Å²) in [7, 11) is 0. The smallest absolute Gasteiger partial charge is 0.290 e. The highest BCUT2D eigenvalue weighted by molar-refractivity contribution is 6.37. The fourth-order valence-electron chi connectivity index (χ4n) is 3.12. The van der Waals surface area contributed by atoms with Crippen LogP contribution in [0.4, 0.5) is 5.69 Å². The third kappa shape index (κ3) is 4.74. The molecule has 25 heavy (non-hydrogen) atoms. The van der Waals surface area contributed by atoms with Gasteiger partial charge in [-0.1, -0.05) is 11.6 Å². The number of aliphatic hydroxyl groups excluding tert-OH is 1. The van der Waals surface area contributed by atoms with Crippen molar-refractivity contribution in [2.45, 2.75) is 44.4 Å². The predicted octanol–water partition coefficient (Wildman–Crippen LogP) is 3.33. The molecule has 2 N–H and O–H groups in total. The third-order valence-corrected chi connectivity index (χ3v) is 4.74. The van der Waals surface area contributed by atoms with Crippen LogP contribution in [0.3, 0.4) is 0 Å². The highest BCUT2D eigenvalue weighted by Gasteiger charge is 2.22. The lowest BCUT2D eigenvalue weighted by atomic mass is 9.97. The van der Waals surface area contributed by atoms with Crippen LogP contribution in [0.25, 0.3) is 11.0 Å². The molecule has 1 fully saturated rings. The highest BCUT2D eigenvalue weighted by Crippen LogP contribution is 2.31. The molecule has 2 atom stereocenters. The number of nitrogens with one attached hydrogen (secondary N) is 1. The minimum Gasteiger partial charge on any atom is -0.392 e. The maximum absolute atomic E-state index is 10.9. The van der Waals surface area contributed by atoms with E-state index in [4.69, 9.17) is 11.6 Å². The van der Waals surface area contributed by atoms with Crippen molar-refractivity contribution in [3.63, 3.8) is 0 Å². The van der Waals surface area contributed by atoms with Gasteiger partial charge < -0.3 is 15.0 Å². The van der Waals surface area contributed by atoms with Crippen molar-refractivity contribution >= 4 is 53.1 Å². The molecule has 0 bridgehead atoms. The van der Waals surface area contributed by atoms with Gasteiger partial charge in [0.2, 0.25) is 0 Å². The van der Waals surface area contributed by atoms with Crippen LogP contribution >= 0.6 is 36.4 Å². The molecule has 7 nitrogen and oxygen atoms in total. The zero-order valence-corrected chi connectivity index (χ0v) is 15.8. The second-order valence-electron chi connectivity index (χ2n) is 5.87. The number of nitro groups is 1. The van der Waals surface area contributed by atoms with E-state index in [-0.39, 0.29) is 47.7 Å². The summed E-state index contributed by atoms with van der Waals surface area (Å²) in [5, 5.41) is 24.3. The molecule has 0 unspecified atom stereocenters.